The van der Waals surface area contributed by atoms with E-state index in [-0.39, 0.29) is 11.8 Å². The van der Waals surface area contributed by atoms with Gasteiger partial charge < -0.3 is 10.1 Å². The van der Waals surface area contributed by atoms with Gasteiger partial charge in [-0.25, -0.2) is 4.98 Å². The van der Waals surface area contributed by atoms with Gasteiger partial charge in [-0.3, -0.25) is 4.79 Å². The van der Waals surface area contributed by atoms with E-state index in [0.29, 0.717) is 11.4 Å². The first-order valence-corrected chi connectivity index (χ1v) is 10.2. The maximum absolute atomic E-state index is 13.8. The van der Waals surface area contributed by atoms with E-state index in [1.54, 1.807) is 13.3 Å². The van der Waals surface area contributed by atoms with Gasteiger partial charge in [0.05, 0.1) is 19.1 Å². The van der Waals surface area contributed by atoms with Gasteiger partial charge in [0.25, 0.3) is 0 Å². The van der Waals surface area contributed by atoms with E-state index in [0.717, 1.165) is 16.9 Å². The second-order valence-electron chi connectivity index (χ2n) is 7.23. The molecule has 0 unspecified atom stereocenters. The van der Waals surface area contributed by atoms with Gasteiger partial charge in [-0.1, -0.05) is 78.9 Å². The highest BCUT2D eigenvalue weighted by atomic mass is 16.5. The SMILES string of the molecule is COc1ccc([C@H](Nc2ccccn2)[C@@H](C(=O)c2ccccc2)c2ccccc2)cc1. The van der Waals surface area contributed by atoms with E-state index < -0.39 is 5.92 Å². The normalized spacial score (nSPS) is 12.5. The molecule has 4 nitrogen and oxygen atoms in total. The number of hydrogen-bond acceptors (Lipinski definition) is 4. The van der Waals surface area contributed by atoms with Crippen molar-refractivity contribution in [1.29, 1.82) is 0 Å². The van der Waals surface area contributed by atoms with Gasteiger partial charge in [0.15, 0.2) is 5.78 Å². The van der Waals surface area contributed by atoms with Gasteiger partial charge in [-0.05, 0) is 35.4 Å². The van der Waals surface area contributed by atoms with Crippen molar-refractivity contribution in [3.8, 4) is 5.75 Å². The smallest absolute Gasteiger partial charge is 0.172 e. The van der Waals surface area contributed by atoms with Gasteiger partial charge in [-0.2, -0.15) is 0 Å². The number of anilines is 1. The van der Waals surface area contributed by atoms with Crippen LogP contribution in [0.15, 0.2) is 109 Å². The van der Waals surface area contributed by atoms with Crippen molar-refractivity contribution < 1.29 is 9.53 Å². The van der Waals surface area contributed by atoms with Crippen LogP contribution in [0.5, 0.6) is 5.75 Å². The summed E-state index contributed by atoms with van der Waals surface area (Å²) >= 11 is 0. The average Bonchev–Trinajstić information content (AvgIpc) is 2.85. The topological polar surface area (TPSA) is 51.2 Å². The Morgan fingerprint density at radius 3 is 2.03 bits per heavy atom. The van der Waals surface area contributed by atoms with E-state index in [2.05, 4.69) is 10.3 Å². The second kappa shape index (κ2) is 9.72. The average molecular weight is 409 g/mol. The molecule has 1 N–H and O–H groups in total. The zero-order valence-electron chi connectivity index (χ0n) is 17.3. The fraction of sp³-hybridized carbons (Fsp3) is 0.111. The van der Waals surface area contributed by atoms with Crippen molar-refractivity contribution in [3.05, 3.63) is 126 Å². The summed E-state index contributed by atoms with van der Waals surface area (Å²) in [5.74, 6) is 1.09. The lowest BCUT2D eigenvalue weighted by atomic mass is 9.81. The summed E-state index contributed by atoms with van der Waals surface area (Å²) in [6.45, 7) is 0. The lowest BCUT2D eigenvalue weighted by Crippen LogP contribution is -2.26. The minimum Gasteiger partial charge on any atom is -0.497 e. The molecule has 154 valence electrons. The van der Waals surface area contributed by atoms with Crippen molar-refractivity contribution in [2.75, 3.05) is 12.4 Å². The molecule has 3 aromatic carbocycles. The van der Waals surface area contributed by atoms with Crippen molar-refractivity contribution >= 4 is 11.6 Å². The first-order valence-electron chi connectivity index (χ1n) is 10.2. The second-order valence-corrected chi connectivity index (χ2v) is 7.23. The Labute approximate surface area is 182 Å². The van der Waals surface area contributed by atoms with Gasteiger partial charge in [0.2, 0.25) is 0 Å². The third-order valence-corrected chi connectivity index (χ3v) is 5.28. The van der Waals surface area contributed by atoms with Crippen LogP contribution in [-0.2, 0) is 0 Å². The number of Topliss-reactive ketones (excluding diaryl/α,β-unsaturated/α-hetero) is 1. The molecule has 0 aliphatic rings. The molecule has 0 fully saturated rings. The fourth-order valence-electron chi connectivity index (χ4n) is 3.72. The number of hydrogen-bond donors (Lipinski definition) is 1. The summed E-state index contributed by atoms with van der Waals surface area (Å²) < 4.78 is 5.33. The number of rotatable bonds is 8. The monoisotopic (exact) mass is 408 g/mol. The number of aromatic nitrogens is 1. The van der Waals surface area contributed by atoms with Crippen LogP contribution < -0.4 is 10.1 Å². The zero-order chi connectivity index (χ0) is 21.5. The standard InChI is InChI=1S/C27H24N2O2/c1-31-23-17-15-21(16-18-23)26(29-24-14-8-9-19-28-24)25(20-10-4-2-5-11-20)27(30)22-12-6-3-7-13-22/h2-19,25-26H,1H3,(H,28,29)/t25-,26-/m0/s1. The number of nitrogens with one attached hydrogen (secondary N) is 1. The number of carbonyl (C=O) groups excluding carboxylic acids is 1. The zero-order valence-corrected chi connectivity index (χ0v) is 17.3. The molecule has 0 aliphatic carbocycles. The third kappa shape index (κ3) is 4.81. The Kier molecular flexibility index (Phi) is 6.38. The molecule has 0 radical (unpaired) electrons. The first-order chi connectivity index (χ1) is 15.3. The molecular weight excluding hydrogens is 384 g/mol. The molecular formula is C27H24N2O2. The number of ether oxygens (including phenoxy) is 1. The van der Waals surface area contributed by atoms with Crippen LogP contribution in [0.2, 0.25) is 0 Å². The number of ketones is 1. The van der Waals surface area contributed by atoms with Gasteiger partial charge >= 0.3 is 0 Å². The molecule has 1 aromatic heterocycles. The maximum atomic E-state index is 13.8. The quantitative estimate of drug-likeness (QED) is 0.368. The van der Waals surface area contributed by atoms with Gasteiger partial charge in [0.1, 0.15) is 11.6 Å². The summed E-state index contributed by atoms with van der Waals surface area (Å²) in [7, 11) is 1.64. The molecule has 2 atom stereocenters. The largest absolute Gasteiger partial charge is 0.497 e. The molecule has 31 heavy (non-hydrogen) atoms. The molecule has 1 heterocycles. The van der Waals surface area contributed by atoms with Crippen molar-refractivity contribution in [3.63, 3.8) is 0 Å². The Hall–Kier alpha value is -3.92. The molecule has 4 rings (SSSR count). The summed E-state index contributed by atoms with van der Waals surface area (Å²) in [6, 6.07) is 32.5. The molecule has 0 amide bonds. The van der Waals surface area contributed by atoms with Crippen LogP contribution in [0.4, 0.5) is 5.82 Å². The molecule has 0 saturated carbocycles. The predicted octanol–water partition coefficient (Wildman–Crippen LogP) is 5.91. The summed E-state index contributed by atoms with van der Waals surface area (Å²) in [5, 5.41) is 3.51. The summed E-state index contributed by atoms with van der Waals surface area (Å²) in [4.78, 5) is 18.2. The lowest BCUT2D eigenvalue weighted by Gasteiger charge is -2.29. The number of nitrogens with zero attached hydrogens (tertiary/aromatic N) is 1. The minimum absolute atomic E-state index is 0.0519. The molecule has 4 heteroatoms. The molecule has 0 spiro atoms. The number of methoxy groups -OCH3 is 1. The number of pyridine rings is 1. The molecule has 0 bridgehead atoms. The van der Waals surface area contributed by atoms with E-state index in [9.17, 15) is 4.79 Å². The summed E-state index contributed by atoms with van der Waals surface area (Å²) in [6.07, 6.45) is 1.74. The van der Waals surface area contributed by atoms with Crippen LogP contribution in [0.1, 0.15) is 33.4 Å². The van der Waals surface area contributed by atoms with Crippen LogP contribution in [0.25, 0.3) is 0 Å². The molecule has 4 aromatic rings. The van der Waals surface area contributed by atoms with Gasteiger partial charge in [-0.15, -0.1) is 0 Å². The Morgan fingerprint density at radius 1 is 0.774 bits per heavy atom. The Bertz CT molecular complexity index is 1100. The van der Waals surface area contributed by atoms with Crippen molar-refractivity contribution in [1.82, 2.24) is 4.98 Å². The molecule has 0 saturated heterocycles. The number of benzene rings is 3. The highest BCUT2D eigenvalue weighted by Crippen LogP contribution is 2.37. The fourth-order valence-corrected chi connectivity index (χ4v) is 3.72. The third-order valence-electron chi connectivity index (χ3n) is 5.28. The van der Waals surface area contributed by atoms with Crippen LogP contribution >= 0.6 is 0 Å². The van der Waals surface area contributed by atoms with E-state index >= 15 is 0 Å². The van der Waals surface area contributed by atoms with Crippen molar-refractivity contribution in [2.24, 2.45) is 0 Å². The van der Waals surface area contributed by atoms with Crippen LogP contribution in [0.3, 0.4) is 0 Å². The minimum atomic E-state index is -0.445. The first kappa shape index (κ1) is 20.4. The Morgan fingerprint density at radius 2 is 1.42 bits per heavy atom. The lowest BCUT2D eigenvalue weighted by molar-refractivity contribution is 0.0950. The Balaban J connectivity index is 1.83. The van der Waals surface area contributed by atoms with Gasteiger partial charge in [0, 0.05) is 11.8 Å². The van der Waals surface area contributed by atoms with E-state index in [1.807, 2.05) is 103 Å². The van der Waals surface area contributed by atoms with E-state index in [1.165, 1.54) is 0 Å². The summed E-state index contributed by atoms with van der Waals surface area (Å²) in [5.41, 5.74) is 2.60. The van der Waals surface area contributed by atoms with Crippen LogP contribution in [0, 0.1) is 0 Å². The van der Waals surface area contributed by atoms with Crippen molar-refractivity contribution in [2.45, 2.75) is 12.0 Å². The molecule has 0 aliphatic heterocycles. The van der Waals surface area contributed by atoms with Crippen LogP contribution in [-0.4, -0.2) is 17.9 Å². The highest BCUT2D eigenvalue weighted by molar-refractivity contribution is 6.01. The van der Waals surface area contributed by atoms with E-state index in [4.69, 9.17) is 4.74 Å². The predicted molar refractivity (Wildman–Crippen MR) is 124 cm³/mol. The maximum Gasteiger partial charge on any atom is 0.172 e. The number of carbonyl (C=O) groups is 1. The highest BCUT2D eigenvalue weighted by Gasteiger charge is 2.32.